The van der Waals surface area contributed by atoms with Crippen molar-refractivity contribution < 1.29 is 13.6 Å². The van der Waals surface area contributed by atoms with Gasteiger partial charge in [-0.05, 0) is 30.5 Å². The third-order valence-electron chi connectivity index (χ3n) is 5.32. The standard InChI is InChI=1S/C23H28F2N4O/c1-26-23(27-12-10-19-20(24)8-5-9-21(19)25)28-15-18-14-22(30)29(16-18)13-11-17-6-3-2-4-7-17/h2-9,18H,10-16H2,1H3,(H2,26,27,28). The second-order valence-corrected chi connectivity index (χ2v) is 7.48. The van der Waals surface area contributed by atoms with E-state index in [1.807, 2.05) is 23.1 Å². The molecule has 1 aliphatic rings. The Morgan fingerprint density at radius 2 is 1.80 bits per heavy atom. The number of nitrogens with one attached hydrogen (secondary N) is 2. The van der Waals surface area contributed by atoms with Crippen molar-refractivity contribution in [2.24, 2.45) is 10.9 Å². The Morgan fingerprint density at radius 1 is 1.07 bits per heavy atom. The molecule has 1 heterocycles. The Bertz CT molecular complexity index is 853. The van der Waals surface area contributed by atoms with Crippen molar-refractivity contribution in [2.75, 3.05) is 33.2 Å². The molecule has 0 spiro atoms. The van der Waals surface area contributed by atoms with Crippen LogP contribution >= 0.6 is 0 Å². The number of carbonyl (C=O) groups excluding carboxylic acids is 1. The number of likely N-dealkylation sites (tertiary alicyclic amines) is 1. The van der Waals surface area contributed by atoms with Crippen LogP contribution in [0, 0.1) is 17.6 Å². The van der Waals surface area contributed by atoms with Crippen LogP contribution in [0.2, 0.25) is 0 Å². The van der Waals surface area contributed by atoms with Crippen molar-refractivity contribution in [3.05, 3.63) is 71.3 Å². The maximum atomic E-state index is 13.7. The number of benzene rings is 2. The summed E-state index contributed by atoms with van der Waals surface area (Å²) in [6.45, 7) is 2.41. The van der Waals surface area contributed by atoms with Gasteiger partial charge in [-0.1, -0.05) is 36.4 Å². The molecule has 30 heavy (non-hydrogen) atoms. The fraction of sp³-hybridized carbons (Fsp3) is 0.391. The Labute approximate surface area is 176 Å². The van der Waals surface area contributed by atoms with E-state index in [9.17, 15) is 13.6 Å². The van der Waals surface area contributed by atoms with E-state index in [0.717, 1.165) is 19.5 Å². The van der Waals surface area contributed by atoms with Crippen molar-refractivity contribution >= 4 is 11.9 Å². The number of hydrogen-bond donors (Lipinski definition) is 2. The highest BCUT2D eigenvalue weighted by atomic mass is 19.1. The van der Waals surface area contributed by atoms with Crippen LogP contribution in [0.1, 0.15) is 17.5 Å². The molecule has 0 radical (unpaired) electrons. The summed E-state index contributed by atoms with van der Waals surface area (Å²) in [7, 11) is 1.64. The first-order chi connectivity index (χ1) is 14.6. The molecule has 1 atom stereocenters. The Kier molecular flexibility index (Phi) is 7.76. The molecule has 0 bridgehead atoms. The average Bonchev–Trinajstić information content (AvgIpc) is 3.11. The van der Waals surface area contributed by atoms with E-state index in [1.54, 1.807) is 7.05 Å². The minimum Gasteiger partial charge on any atom is -0.356 e. The molecule has 1 unspecified atom stereocenters. The van der Waals surface area contributed by atoms with Crippen molar-refractivity contribution in [3.63, 3.8) is 0 Å². The first kappa shape index (κ1) is 21.7. The number of aliphatic imine (C=N–C) groups is 1. The molecule has 1 amide bonds. The van der Waals surface area contributed by atoms with Crippen molar-refractivity contribution in [3.8, 4) is 0 Å². The molecule has 5 nitrogen and oxygen atoms in total. The van der Waals surface area contributed by atoms with Gasteiger partial charge in [-0.3, -0.25) is 9.79 Å². The molecule has 2 aromatic carbocycles. The van der Waals surface area contributed by atoms with Crippen LogP contribution < -0.4 is 10.6 Å². The Hall–Kier alpha value is -2.96. The molecular formula is C23H28F2N4O. The van der Waals surface area contributed by atoms with Gasteiger partial charge in [0.15, 0.2) is 5.96 Å². The van der Waals surface area contributed by atoms with Gasteiger partial charge >= 0.3 is 0 Å². The Balaban J connectivity index is 1.40. The average molecular weight is 415 g/mol. The van der Waals surface area contributed by atoms with E-state index in [4.69, 9.17) is 0 Å². The summed E-state index contributed by atoms with van der Waals surface area (Å²) in [4.78, 5) is 18.4. The largest absolute Gasteiger partial charge is 0.356 e. The number of hydrogen-bond acceptors (Lipinski definition) is 2. The molecule has 160 valence electrons. The second kappa shape index (κ2) is 10.7. The highest BCUT2D eigenvalue weighted by Crippen LogP contribution is 2.17. The number of nitrogens with zero attached hydrogens (tertiary/aromatic N) is 2. The first-order valence-electron chi connectivity index (χ1n) is 10.3. The van der Waals surface area contributed by atoms with Gasteiger partial charge in [0.2, 0.25) is 5.91 Å². The molecule has 2 aromatic rings. The highest BCUT2D eigenvalue weighted by Gasteiger charge is 2.29. The summed E-state index contributed by atoms with van der Waals surface area (Å²) < 4.78 is 27.4. The number of halogens is 2. The van der Waals surface area contributed by atoms with Crippen LogP contribution in [-0.2, 0) is 17.6 Å². The van der Waals surface area contributed by atoms with E-state index in [-0.39, 0.29) is 23.8 Å². The highest BCUT2D eigenvalue weighted by molar-refractivity contribution is 5.80. The van der Waals surface area contributed by atoms with Crippen LogP contribution in [0.15, 0.2) is 53.5 Å². The molecule has 1 aliphatic heterocycles. The van der Waals surface area contributed by atoms with Gasteiger partial charge < -0.3 is 15.5 Å². The molecule has 0 saturated carbocycles. The zero-order valence-corrected chi connectivity index (χ0v) is 17.2. The van der Waals surface area contributed by atoms with Gasteiger partial charge in [0.1, 0.15) is 11.6 Å². The number of guanidine groups is 1. The van der Waals surface area contributed by atoms with Crippen LogP contribution in [0.4, 0.5) is 8.78 Å². The fourth-order valence-corrected chi connectivity index (χ4v) is 3.65. The number of carbonyl (C=O) groups is 1. The lowest BCUT2D eigenvalue weighted by Gasteiger charge is -2.18. The number of amides is 1. The monoisotopic (exact) mass is 414 g/mol. The van der Waals surface area contributed by atoms with Crippen LogP contribution in [0.5, 0.6) is 0 Å². The SMILES string of the molecule is CN=C(NCCc1c(F)cccc1F)NCC1CC(=O)N(CCc2ccccc2)C1. The van der Waals surface area contributed by atoms with Gasteiger partial charge in [0.25, 0.3) is 0 Å². The maximum absolute atomic E-state index is 13.7. The van der Waals surface area contributed by atoms with E-state index in [0.29, 0.717) is 25.5 Å². The molecule has 1 fully saturated rings. The normalized spacial score (nSPS) is 16.8. The van der Waals surface area contributed by atoms with E-state index >= 15 is 0 Å². The summed E-state index contributed by atoms with van der Waals surface area (Å²) in [5.41, 5.74) is 1.29. The fourth-order valence-electron chi connectivity index (χ4n) is 3.65. The third kappa shape index (κ3) is 6.02. The smallest absolute Gasteiger partial charge is 0.223 e. The summed E-state index contributed by atoms with van der Waals surface area (Å²) in [6, 6.07) is 14.0. The summed E-state index contributed by atoms with van der Waals surface area (Å²) >= 11 is 0. The lowest BCUT2D eigenvalue weighted by atomic mass is 10.1. The van der Waals surface area contributed by atoms with Crippen molar-refractivity contribution in [1.82, 2.24) is 15.5 Å². The van der Waals surface area contributed by atoms with Crippen molar-refractivity contribution in [2.45, 2.75) is 19.3 Å². The van der Waals surface area contributed by atoms with Crippen LogP contribution in [-0.4, -0.2) is 50.0 Å². The summed E-state index contributed by atoms with van der Waals surface area (Å²) in [5, 5.41) is 6.29. The molecule has 1 saturated heterocycles. The minimum atomic E-state index is -0.542. The van der Waals surface area contributed by atoms with Gasteiger partial charge in [0.05, 0.1) is 0 Å². The second-order valence-electron chi connectivity index (χ2n) is 7.48. The van der Waals surface area contributed by atoms with Gasteiger partial charge in [-0.25, -0.2) is 8.78 Å². The third-order valence-corrected chi connectivity index (χ3v) is 5.32. The van der Waals surface area contributed by atoms with Gasteiger partial charge in [-0.2, -0.15) is 0 Å². The van der Waals surface area contributed by atoms with E-state index in [1.165, 1.54) is 23.8 Å². The quantitative estimate of drug-likeness (QED) is 0.516. The Morgan fingerprint density at radius 3 is 2.50 bits per heavy atom. The topological polar surface area (TPSA) is 56.7 Å². The zero-order chi connectivity index (χ0) is 21.3. The molecule has 7 heteroatoms. The minimum absolute atomic E-state index is 0.0656. The van der Waals surface area contributed by atoms with E-state index < -0.39 is 11.6 Å². The number of rotatable bonds is 8. The lowest BCUT2D eigenvalue weighted by molar-refractivity contribution is -0.127. The van der Waals surface area contributed by atoms with E-state index in [2.05, 4.69) is 27.8 Å². The van der Waals surface area contributed by atoms with Crippen LogP contribution in [0.3, 0.4) is 0 Å². The maximum Gasteiger partial charge on any atom is 0.223 e. The molecule has 3 rings (SSSR count). The molecule has 2 N–H and O–H groups in total. The molecular weight excluding hydrogens is 386 g/mol. The predicted octanol–water partition coefficient (Wildman–Crippen LogP) is 2.76. The zero-order valence-electron chi connectivity index (χ0n) is 17.2. The van der Waals surface area contributed by atoms with Crippen molar-refractivity contribution in [1.29, 1.82) is 0 Å². The predicted molar refractivity (Wildman–Crippen MR) is 114 cm³/mol. The van der Waals surface area contributed by atoms with Gasteiger partial charge in [-0.15, -0.1) is 0 Å². The van der Waals surface area contributed by atoms with Gasteiger partial charge in [0, 0.05) is 51.1 Å². The molecule has 0 aliphatic carbocycles. The van der Waals surface area contributed by atoms with Crippen LogP contribution in [0.25, 0.3) is 0 Å². The molecule has 0 aromatic heterocycles. The lowest BCUT2D eigenvalue weighted by Crippen LogP contribution is -2.41. The first-order valence-corrected chi connectivity index (χ1v) is 10.3. The summed E-state index contributed by atoms with van der Waals surface area (Å²) in [5.74, 6) is -0.145. The summed E-state index contributed by atoms with van der Waals surface area (Å²) in [6.07, 6.45) is 1.58.